The molecule has 0 aliphatic carbocycles. The summed E-state index contributed by atoms with van der Waals surface area (Å²) in [4.78, 5) is 4.84. The Morgan fingerprint density at radius 2 is 1.86 bits per heavy atom. The molecule has 0 saturated carbocycles. The first-order valence-electron chi connectivity index (χ1n) is 7.07. The van der Waals surface area contributed by atoms with Crippen molar-refractivity contribution >= 4 is 16.7 Å². The summed E-state index contributed by atoms with van der Waals surface area (Å²) >= 11 is 0. The van der Waals surface area contributed by atoms with Crippen LogP contribution >= 0.6 is 0 Å². The molecule has 0 atom stereocenters. The smallest absolute Gasteiger partial charge is 0.214 e. The van der Waals surface area contributed by atoms with E-state index in [9.17, 15) is 0 Å². The fourth-order valence-electron chi connectivity index (χ4n) is 2.94. The Labute approximate surface area is 123 Å². The van der Waals surface area contributed by atoms with E-state index in [2.05, 4.69) is 59.6 Å². The van der Waals surface area contributed by atoms with Gasteiger partial charge in [-0.1, -0.05) is 12.1 Å². The summed E-state index contributed by atoms with van der Waals surface area (Å²) in [5.74, 6) is 0. The summed E-state index contributed by atoms with van der Waals surface area (Å²) in [6.45, 7) is 2.14. The second-order valence-corrected chi connectivity index (χ2v) is 5.36. The molecule has 3 heteroatoms. The van der Waals surface area contributed by atoms with Gasteiger partial charge in [-0.2, -0.15) is 0 Å². The van der Waals surface area contributed by atoms with E-state index in [1.165, 1.54) is 16.8 Å². The summed E-state index contributed by atoms with van der Waals surface area (Å²) in [5.41, 5.74) is 6.83. The Morgan fingerprint density at radius 3 is 2.71 bits per heavy atom. The van der Waals surface area contributed by atoms with E-state index in [0.717, 1.165) is 16.7 Å². The molecule has 102 valence electrons. The van der Waals surface area contributed by atoms with Crippen LogP contribution in [0.3, 0.4) is 0 Å². The van der Waals surface area contributed by atoms with Crippen molar-refractivity contribution in [3.05, 3.63) is 66.5 Å². The van der Waals surface area contributed by atoms with Gasteiger partial charge in [-0.25, -0.2) is 9.55 Å². The van der Waals surface area contributed by atoms with Crippen LogP contribution in [0.15, 0.2) is 60.9 Å². The molecule has 1 aromatic carbocycles. The third-order valence-electron chi connectivity index (χ3n) is 4.00. The first-order valence-corrected chi connectivity index (χ1v) is 7.07. The Hall–Kier alpha value is -2.68. The first kappa shape index (κ1) is 12.1. The van der Waals surface area contributed by atoms with Gasteiger partial charge in [0.15, 0.2) is 6.20 Å². The number of imidazole rings is 1. The number of benzene rings is 1. The summed E-state index contributed by atoms with van der Waals surface area (Å²) in [5, 5.41) is 0. The van der Waals surface area contributed by atoms with E-state index >= 15 is 0 Å². The van der Waals surface area contributed by atoms with Crippen LogP contribution in [-0.2, 0) is 7.05 Å². The topological polar surface area (TPSA) is 21.2 Å². The Bertz CT molecular complexity index is 967. The third kappa shape index (κ3) is 1.74. The van der Waals surface area contributed by atoms with Gasteiger partial charge in [0, 0.05) is 18.3 Å². The molecule has 4 rings (SSSR count). The van der Waals surface area contributed by atoms with E-state index in [4.69, 9.17) is 4.98 Å². The minimum atomic E-state index is 0.984. The third-order valence-corrected chi connectivity index (χ3v) is 4.00. The zero-order valence-corrected chi connectivity index (χ0v) is 12.1. The van der Waals surface area contributed by atoms with Gasteiger partial charge in [0.2, 0.25) is 5.69 Å². The average Bonchev–Trinajstić information content (AvgIpc) is 2.87. The molecule has 0 aliphatic heterocycles. The number of hydrogen-bond acceptors (Lipinski definition) is 1. The summed E-state index contributed by atoms with van der Waals surface area (Å²) in [6.07, 6.45) is 4.14. The number of aryl methyl sites for hydroxylation is 2. The molecule has 0 fully saturated rings. The molecule has 0 amide bonds. The van der Waals surface area contributed by atoms with Crippen molar-refractivity contribution in [1.29, 1.82) is 0 Å². The van der Waals surface area contributed by atoms with Crippen molar-refractivity contribution in [1.82, 2.24) is 9.38 Å². The number of hydrogen-bond donors (Lipinski definition) is 0. The van der Waals surface area contributed by atoms with Crippen molar-refractivity contribution < 1.29 is 4.57 Å². The van der Waals surface area contributed by atoms with Gasteiger partial charge in [0.25, 0.3) is 0 Å². The monoisotopic (exact) mass is 274 g/mol. The normalized spacial score (nSPS) is 11.3. The SMILES string of the molecule is Cc1ccc2c(nc3ccccn32)c1-c1cccc[n+]1C. The molecule has 0 aliphatic rings. The molecule has 0 N–H and O–H groups in total. The van der Waals surface area contributed by atoms with Gasteiger partial charge >= 0.3 is 0 Å². The zero-order chi connectivity index (χ0) is 14.4. The molecule has 0 bridgehead atoms. The Kier molecular flexibility index (Phi) is 2.54. The van der Waals surface area contributed by atoms with Crippen molar-refractivity contribution in [3.63, 3.8) is 0 Å². The molecule has 3 nitrogen and oxygen atoms in total. The van der Waals surface area contributed by atoms with Crippen molar-refractivity contribution in [3.8, 4) is 11.3 Å². The van der Waals surface area contributed by atoms with Crippen LogP contribution in [0.2, 0.25) is 0 Å². The fraction of sp³-hybridized carbons (Fsp3) is 0.111. The average molecular weight is 274 g/mol. The predicted octanol–water partition coefficient (Wildman–Crippen LogP) is 3.29. The second kappa shape index (κ2) is 4.42. The van der Waals surface area contributed by atoms with Crippen LogP contribution < -0.4 is 4.57 Å². The number of nitrogens with zero attached hydrogens (tertiary/aromatic N) is 3. The molecule has 4 aromatic rings. The van der Waals surface area contributed by atoms with Gasteiger partial charge < -0.3 is 0 Å². The van der Waals surface area contributed by atoms with E-state index in [-0.39, 0.29) is 0 Å². The molecule has 21 heavy (non-hydrogen) atoms. The lowest BCUT2D eigenvalue weighted by atomic mass is 10.0. The minimum absolute atomic E-state index is 0.984. The largest absolute Gasteiger partial charge is 0.300 e. The molecule has 3 heterocycles. The lowest BCUT2D eigenvalue weighted by Crippen LogP contribution is -2.30. The van der Waals surface area contributed by atoms with Crippen LogP contribution in [0.4, 0.5) is 0 Å². The van der Waals surface area contributed by atoms with E-state index < -0.39 is 0 Å². The molecular weight excluding hydrogens is 258 g/mol. The fourth-order valence-corrected chi connectivity index (χ4v) is 2.94. The summed E-state index contributed by atoms with van der Waals surface area (Å²) in [6, 6.07) is 16.7. The Balaban J connectivity index is 2.18. The lowest BCUT2D eigenvalue weighted by molar-refractivity contribution is -0.660. The van der Waals surface area contributed by atoms with Gasteiger partial charge in [-0.15, -0.1) is 0 Å². The highest BCUT2D eigenvalue weighted by Crippen LogP contribution is 2.30. The molecule has 0 spiro atoms. The summed E-state index contributed by atoms with van der Waals surface area (Å²) < 4.78 is 4.28. The molecule has 3 aromatic heterocycles. The van der Waals surface area contributed by atoms with Crippen molar-refractivity contribution in [2.45, 2.75) is 6.92 Å². The maximum Gasteiger partial charge on any atom is 0.214 e. The number of aromatic nitrogens is 3. The zero-order valence-electron chi connectivity index (χ0n) is 12.1. The van der Waals surface area contributed by atoms with Gasteiger partial charge in [-0.05, 0) is 36.8 Å². The van der Waals surface area contributed by atoms with Gasteiger partial charge in [0.1, 0.15) is 18.2 Å². The Morgan fingerprint density at radius 1 is 1.00 bits per heavy atom. The number of pyridine rings is 2. The highest BCUT2D eigenvalue weighted by molar-refractivity contribution is 5.94. The molecule has 0 saturated heterocycles. The standard InChI is InChI=1S/C18H16N3/c1-13-9-10-15-18(19-16-8-4-6-12-21(15)16)17(13)14-7-3-5-11-20(14)2/h3-12H,1-2H3/q+1. The van der Waals surface area contributed by atoms with Gasteiger partial charge in [0.05, 0.1) is 11.1 Å². The van der Waals surface area contributed by atoms with Crippen LogP contribution in [0, 0.1) is 6.92 Å². The van der Waals surface area contributed by atoms with Crippen molar-refractivity contribution in [2.75, 3.05) is 0 Å². The van der Waals surface area contributed by atoms with E-state index in [1.807, 2.05) is 24.3 Å². The van der Waals surface area contributed by atoms with Crippen molar-refractivity contribution in [2.24, 2.45) is 7.05 Å². The van der Waals surface area contributed by atoms with Crippen LogP contribution in [0.25, 0.3) is 27.9 Å². The maximum absolute atomic E-state index is 4.84. The van der Waals surface area contributed by atoms with Crippen LogP contribution in [0.1, 0.15) is 5.56 Å². The minimum Gasteiger partial charge on any atom is -0.300 e. The maximum atomic E-state index is 4.84. The number of rotatable bonds is 1. The molecule has 0 radical (unpaired) electrons. The number of fused-ring (bicyclic) bond motifs is 3. The van der Waals surface area contributed by atoms with Gasteiger partial charge in [-0.3, -0.25) is 4.40 Å². The van der Waals surface area contributed by atoms with Crippen LogP contribution in [0.5, 0.6) is 0 Å². The highest BCUT2D eigenvalue weighted by atomic mass is 15.0. The predicted molar refractivity (Wildman–Crippen MR) is 84.0 cm³/mol. The molecule has 0 unspecified atom stereocenters. The van der Waals surface area contributed by atoms with Crippen LogP contribution in [-0.4, -0.2) is 9.38 Å². The highest BCUT2D eigenvalue weighted by Gasteiger charge is 2.18. The second-order valence-electron chi connectivity index (χ2n) is 5.36. The van der Waals surface area contributed by atoms with E-state index in [1.54, 1.807) is 0 Å². The van der Waals surface area contributed by atoms with E-state index in [0.29, 0.717) is 0 Å². The molecular formula is C18H16N3+. The lowest BCUT2D eigenvalue weighted by Gasteiger charge is -2.05. The summed E-state index contributed by atoms with van der Waals surface area (Å²) in [7, 11) is 2.07. The first-order chi connectivity index (χ1) is 10.3. The quantitative estimate of drug-likeness (QED) is 0.488.